The maximum Gasteiger partial charge on any atom is 0.319 e. The van der Waals surface area contributed by atoms with Crippen molar-refractivity contribution in [3.8, 4) is 5.75 Å². The third kappa shape index (κ3) is 6.36. The number of hydrogen-bond acceptors (Lipinski definition) is 6. The van der Waals surface area contributed by atoms with Crippen molar-refractivity contribution in [3.63, 3.8) is 0 Å². The minimum Gasteiger partial charge on any atom is -0.486 e. The van der Waals surface area contributed by atoms with Crippen molar-refractivity contribution in [1.29, 1.82) is 0 Å². The quantitative estimate of drug-likeness (QED) is 0.296. The van der Waals surface area contributed by atoms with Crippen LogP contribution < -0.4 is 4.74 Å². The summed E-state index contributed by atoms with van der Waals surface area (Å²) in [5, 5.41) is 9.12. The van der Waals surface area contributed by atoms with Gasteiger partial charge in [0, 0.05) is 0 Å². The molecule has 3 aromatic rings. The Hall–Kier alpha value is -2.80. The van der Waals surface area contributed by atoms with Crippen LogP contribution in [0.1, 0.15) is 44.6 Å². The van der Waals surface area contributed by atoms with Crippen molar-refractivity contribution in [2.75, 3.05) is 6.61 Å². The molecular weight excluding hydrogens is 422 g/mol. The maximum absolute atomic E-state index is 12.5. The Morgan fingerprint density at radius 1 is 1.00 bits per heavy atom. The van der Waals surface area contributed by atoms with Crippen molar-refractivity contribution in [2.24, 2.45) is 5.92 Å². The van der Waals surface area contributed by atoms with Crippen molar-refractivity contribution in [2.45, 2.75) is 57.7 Å². The van der Waals surface area contributed by atoms with Crippen LogP contribution in [0.25, 0.3) is 0 Å². The first kappa shape index (κ1) is 23.9. The molecule has 7 heteroatoms. The molecule has 0 radical (unpaired) electrons. The number of nitrogens with zero attached hydrogens (tertiary/aromatic N) is 3. The molecule has 0 aliphatic heterocycles. The van der Waals surface area contributed by atoms with Crippen LogP contribution in [-0.4, -0.2) is 32.6 Å². The van der Waals surface area contributed by atoms with E-state index in [0.29, 0.717) is 24.1 Å². The molecule has 170 valence electrons. The Labute approximate surface area is 194 Å². The van der Waals surface area contributed by atoms with E-state index in [2.05, 4.69) is 41.4 Å². The molecule has 0 aliphatic rings. The van der Waals surface area contributed by atoms with Crippen LogP contribution in [0.4, 0.5) is 0 Å². The molecule has 0 saturated carbocycles. The molecule has 6 nitrogen and oxygen atoms in total. The molecule has 0 aliphatic carbocycles. The Balaban J connectivity index is 1.84. The van der Waals surface area contributed by atoms with Crippen molar-refractivity contribution < 1.29 is 14.3 Å². The Morgan fingerprint density at radius 3 is 2.34 bits per heavy atom. The van der Waals surface area contributed by atoms with Gasteiger partial charge in [-0.2, -0.15) is 0 Å². The van der Waals surface area contributed by atoms with E-state index in [1.54, 1.807) is 0 Å². The number of hydrogen-bond donors (Lipinski definition) is 0. The molecule has 1 aromatic heterocycles. The average molecular weight is 454 g/mol. The summed E-state index contributed by atoms with van der Waals surface area (Å²) < 4.78 is 13.3. The standard InChI is InChI=1S/C25H31N3O3S/c1-5-19-12-14-21(15-13-19)31-17-22-26-27-25(28(22)16-20-10-8-7-9-11-20)32-23(18(3)4)24(29)30-6-2/h7-15,18,23H,5-6,16-17H2,1-4H3/t23-/m0/s1. The molecule has 0 spiro atoms. The molecule has 0 unspecified atom stereocenters. The van der Waals surface area contributed by atoms with Gasteiger partial charge in [-0.15, -0.1) is 10.2 Å². The van der Waals surface area contributed by atoms with Crippen LogP contribution in [0.5, 0.6) is 5.75 Å². The number of carbonyl (C=O) groups excluding carboxylic acids is 1. The molecule has 0 saturated heterocycles. The first-order valence-corrected chi connectivity index (χ1v) is 11.9. The number of esters is 1. The van der Waals surface area contributed by atoms with Crippen molar-refractivity contribution in [1.82, 2.24) is 14.8 Å². The molecule has 0 N–H and O–H groups in total. The molecule has 1 heterocycles. The summed E-state index contributed by atoms with van der Waals surface area (Å²) in [5.74, 6) is 1.37. The maximum atomic E-state index is 12.5. The molecule has 3 rings (SSSR count). The van der Waals surface area contributed by atoms with E-state index in [9.17, 15) is 4.79 Å². The lowest BCUT2D eigenvalue weighted by Gasteiger charge is -2.19. The fourth-order valence-electron chi connectivity index (χ4n) is 3.20. The molecule has 32 heavy (non-hydrogen) atoms. The van der Waals surface area contributed by atoms with Gasteiger partial charge in [0.15, 0.2) is 11.0 Å². The van der Waals surface area contributed by atoms with Crippen LogP contribution in [-0.2, 0) is 29.1 Å². The zero-order valence-electron chi connectivity index (χ0n) is 19.2. The fourth-order valence-corrected chi connectivity index (χ4v) is 4.25. The van der Waals surface area contributed by atoms with Gasteiger partial charge in [0.2, 0.25) is 0 Å². The average Bonchev–Trinajstić information content (AvgIpc) is 3.18. The largest absolute Gasteiger partial charge is 0.486 e. The molecule has 0 bridgehead atoms. The normalized spacial score (nSPS) is 12.0. The third-order valence-corrected chi connectivity index (χ3v) is 6.54. The number of carbonyl (C=O) groups is 1. The summed E-state index contributed by atoms with van der Waals surface area (Å²) in [6.45, 7) is 9.21. The number of aromatic nitrogens is 3. The number of aryl methyl sites for hydroxylation is 1. The van der Waals surface area contributed by atoms with Crippen LogP contribution in [0.15, 0.2) is 59.8 Å². The van der Waals surface area contributed by atoms with Gasteiger partial charge < -0.3 is 9.47 Å². The topological polar surface area (TPSA) is 66.2 Å². The zero-order chi connectivity index (χ0) is 22.9. The highest BCUT2D eigenvalue weighted by atomic mass is 32.2. The van der Waals surface area contributed by atoms with Crippen LogP contribution in [0.2, 0.25) is 0 Å². The second-order valence-electron chi connectivity index (χ2n) is 7.79. The van der Waals surface area contributed by atoms with E-state index in [1.165, 1.54) is 17.3 Å². The van der Waals surface area contributed by atoms with E-state index in [0.717, 1.165) is 17.7 Å². The minimum atomic E-state index is -0.357. The van der Waals surface area contributed by atoms with Gasteiger partial charge in [0.1, 0.15) is 17.6 Å². The predicted octanol–water partition coefficient (Wildman–Crippen LogP) is 5.15. The van der Waals surface area contributed by atoms with Crippen molar-refractivity contribution in [3.05, 3.63) is 71.5 Å². The second kappa shape index (κ2) is 11.7. The van der Waals surface area contributed by atoms with Gasteiger partial charge in [-0.1, -0.05) is 75.0 Å². The van der Waals surface area contributed by atoms with E-state index < -0.39 is 0 Å². The van der Waals surface area contributed by atoms with E-state index >= 15 is 0 Å². The molecular formula is C25H31N3O3S. The zero-order valence-corrected chi connectivity index (χ0v) is 20.0. The summed E-state index contributed by atoms with van der Waals surface area (Å²) in [7, 11) is 0. The molecule has 0 amide bonds. The van der Waals surface area contributed by atoms with Gasteiger partial charge in [-0.25, -0.2) is 0 Å². The van der Waals surface area contributed by atoms with Crippen molar-refractivity contribution >= 4 is 17.7 Å². The summed E-state index contributed by atoms with van der Waals surface area (Å²) in [4.78, 5) is 12.5. The first-order chi connectivity index (χ1) is 15.5. The summed E-state index contributed by atoms with van der Waals surface area (Å²) in [6, 6.07) is 18.2. The number of rotatable bonds is 11. The number of benzene rings is 2. The Kier molecular flexibility index (Phi) is 8.73. The lowest BCUT2D eigenvalue weighted by molar-refractivity contribution is -0.143. The molecule has 0 fully saturated rings. The number of thioether (sulfide) groups is 1. The molecule has 2 aromatic carbocycles. The summed E-state index contributed by atoms with van der Waals surface area (Å²) in [6.07, 6.45) is 0.990. The minimum absolute atomic E-state index is 0.0951. The Bertz CT molecular complexity index is 987. The third-order valence-electron chi connectivity index (χ3n) is 5.03. The predicted molar refractivity (Wildman–Crippen MR) is 127 cm³/mol. The summed E-state index contributed by atoms with van der Waals surface area (Å²) >= 11 is 1.40. The highest BCUT2D eigenvalue weighted by Gasteiger charge is 2.28. The van der Waals surface area contributed by atoms with E-state index in [1.807, 2.05) is 55.7 Å². The monoisotopic (exact) mass is 453 g/mol. The highest BCUT2D eigenvalue weighted by Crippen LogP contribution is 2.29. The lowest BCUT2D eigenvalue weighted by atomic mass is 10.1. The lowest BCUT2D eigenvalue weighted by Crippen LogP contribution is -2.26. The van der Waals surface area contributed by atoms with Gasteiger partial charge >= 0.3 is 5.97 Å². The van der Waals surface area contributed by atoms with Gasteiger partial charge in [-0.3, -0.25) is 9.36 Å². The van der Waals surface area contributed by atoms with Gasteiger partial charge in [-0.05, 0) is 42.5 Å². The fraction of sp³-hybridized carbons (Fsp3) is 0.400. The van der Waals surface area contributed by atoms with Crippen LogP contribution in [0, 0.1) is 5.92 Å². The van der Waals surface area contributed by atoms with E-state index in [4.69, 9.17) is 9.47 Å². The highest BCUT2D eigenvalue weighted by molar-refractivity contribution is 8.00. The molecule has 1 atom stereocenters. The van der Waals surface area contributed by atoms with Gasteiger partial charge in [0.05, 0.1) is 13.2 Å². The smallest absolute Gasteiger partial charge is 0.319 e. The SMILES string of the molecule is CCOC(=O)[C@@H](Sc1nnc(COc2ccc(CC)cc2)n1Cc1ccccc1)C(C)C. The van der Waals surface area contributed by atoms with Crippen LogP contribution >= 0.6 is 11.8 Å². The first-order valence-electron chi connectivity index (χ1n) is 11.0. The van der Waals surface area contributed by atoms with Gasteiger partial charge in [0.25, 0.3) is 0 Å². The van der Waals surface area contributed by atoms with E-state index in [-0.39, 0.29) is 23.7 Å². The Morgan fingerprint density at radius 2 is 1.72 bits per heavy atom. The summed E-state index contributed by atoms with van der Waals surface area (Å²) in [5.41, 5.74) is 2.39. The van der Waals surface area contributed by atoms with Crippen LogP contribution in [0.3, 0.4) is 0 Å². The second-order valence-corrected chi connectivity index (χ2v) is 8.90. The number of ether oxygens (including phenoxy) is 2.